The van der Waals surface area contributed by atoms with Gasteiger partial charge in [-0.1, -0.05) is 20.8 Å². The molecule has 0 saturated carbocycles. The summed E-state index contributed by atoms with van der Waals surface area (Å²) in [4.78, 5) is 1.30. The van der Waals surface area contributed by atoms with Gasteiger partial charge in [0.25, 0.3) is 0 Å². The van der Waals surface area contributed by atoms with Crippen molar-refractivity contribution < 1.29 is 4.43 Å². The fraction of sp³-hybridized carbons (Fsp3) is 0.636. The monoisotopic (exact) mass is 306 g/mol. The number of thiophene rings is 1. The van der Waals surface area contributed by atoms with Gasteiger partial charge in [0.2, 0.25) is 0 Å². The first-order chi connectivity index (χ1) is 6.72. The maximum absolute atomic E-state index is 6.12. The van der Waals surface area contributed by atoms with Gasteiger partial charge in [-0.3, -0.25) is 0 Å². The van der Waals surface area contributed by atoms with Crippen molar-refractivity contribution in [2.75, 3.05) is 0 Å². The minimum Gasteiger partial charge on any atom is -0.412 e. The Labute approximate surface area is 106 Å². The largest absolute Gasteiger partial charge is 0.412 e. The predicted octanol–water partition coefficient (Wildman–Crippen LogP) is 5.03. The Hall–Kier alpha value is 0.357. The molecule has 0 aromatic carbocycles. The summed E-state index contributed by atoms with van der Waals surface area (Å²) >= 11 is 5.22. The first-order valence-corrected chi connectivity index (χ1v) is 9.62. The fourth-order valence-electron chi connectivity index (χ4n) is 0.897. The van der Waals surface area contributed by atoms with Crippen LogP contribution in [0.2, 0.25) is 18.1 Å². The minimum absolute atomic E-state index is 0.293. The summed E-state index contributed by atoms with van der Waals surface area (Å²) in [5, 5.41) is 0.293. The molecule has 1 heterocycles. The topological polar surface area (TPSA) is 9.23 Å². The van der Waals surface area contributed by atoms with E-state index in [2.05, 4.69) is 61.9 Å². The molecule has 1 aromatic rings. The molecule has 0 fully saturated rings. The van der Waals surface area contributed by atoms with Gasteiger partial charge >= 0.3 is 0 Å². The molecule has 1 aromatic heterocycles. The summed E-state index contributed by atoms with van der Waals surface area (Å²) in [7, 11) is -1.59. The van der Waals surface area contributed by atoms with Gasteiger partial charge in [-0.2, -0.15) is 0 Å². The predicted molar refractivity (Wildman–Crippen MR) is 74.0 cm³/mol. The van der Waals surface area contributed by atoms with E-state index in [9.17, 15) is 0 Å². The third kappa shape index (κ3) is 3.70. The molecule has 0 bridgehead atoms. The van der Waals surface area contributed by atoms with Crippen LogP contribution in [0.5, 0.6) is 0 Å². The lowest BCUT2D eigenvalue weighted by molar-refractivity contribution is 0.279. The van der Waals surface area contributed by atoms with Crippen molar-refractivity contribution in [3.05, 3.63) is 20.8 Å². The SMILES string of the molecule is CC(C)(C)[Si](C)(C)OCc1ccc(Br)s1. The zero-order chi connectivity index (χ0) is 11.7. The summed E-state index contributed by atoms with van der Waals surface area (Å²) in [5.41, 5.74) is 0. The maximum atomic E-state index is 6.12. The summed E-state index contributed by atoms with van der Waals surface area (Å²) in [5.74, 6) is 0. The zero-order valence-corrected chi connectivity index (χ0v) is 13.5. The summed E-state index contributed by atoms with van der Waals surface area (Å²) < 4.78 is 7.30. The van der Waals surface area contributed by atoms with Gasteiger partial charge in [-0.25, -0.2) is 0 Å². The van der Waals surface area contributed by atoms with Crippen molar-refractivity contribution in [3.63, 3.8) is 0 Å². The van der Waals surface area contributed by atoms with Crippen LogP contribution in [0.3, 0.4) is 0 Å². The van der Waals surface area contributed by atoms with E-state index in [0.29, 0.717) is 5.04 Å². The highest BCUT2D eigenvalue weighted by atomic mass is 79.9. The highest BCUT2D eigenvalue weighted by Gasteiger charge is 2.37. The van der Waals surface area contributed by atoms with Crippen molar-refractivity contribution >= 4 is 35.6 Å². The second kappa shape index (κ2) is 4.70. The minimum atomic E-state index is -1.59. The molecule has 0 aliphatic carbocycles. The van der Waals surface area contributed by atoms with Crippen LogP contribution in [0.15, 0.2) is 15.9 Å². The average Bonchev–Trinajstić information content (AvgIpc) is 2.46. The number of hydrogen-bond acceptors (Lipinski definition) is 2. The van der Waals surface area contributed by atoms with Gasteiger partial charge in [0, 0.05) is 4.88 Å². The highest BCUT2D eigenvalue weighted by molar-refractivity contribution is 9.11. The number of hydrogen-bond donors (Lipinski definition) is 0. The molecule has 15 heavy (non-hydrogen) atoms. The van der Waals surface area contributed by atoms with Gasteiger partial charge in [0.1, 0.15) is 0 Å². The van der Waals surface area contributed by atoms with E-state index in [-0.39, 0.29) is 0 Å². The summed E-state index contributed by atoms with van der Waals surface area (Å²) in [6.07, 6.45) is 0. The fourth-order valence-corrected chi connectivity index (χ4v) is 3.35. The van der Waals surface area contributed by atoms with E-state index in [1.807, 2.05) is 0 Å². The third-order valence-electron chi connectivity index (χ3n) is 3.01. The van der Waals surface area contributed by atoms with Crippen LogP contribution in [0.4, 0.5) is 0 Å². The second-order valence-electron chi connectivity index (χ2n) is 5.25. The average molecular weight is 307 g/mol. The molecule has 0 aliphatic heterocycles. The lowest BCUT2D eigenvalue weighted by atomic mass is 10.2. The number of halogens is 1. The van der Waals surface area contributed by atoms with Crippen LogP contribution in [0.1, 0.15) is 25.6 Å². The molecular formula is C11H19BrOSSi. The Balaban J connectivity index is 2.57. The van der Waals surface area contributed by atoms with Gasteiger partial charge in [0.15, 0.2) is 8.32 Å². The highest BCUT2D eigenvalue weighted by Crippen LogP contribution is 2.37. The molecule has 1 nitrogen and oxygen atoms in total. The maximum Gasteiger partial charge on any atom is 0.192 e. The van der Waals surface area contributed by atoms with Crippen LogP contribution < -0.4 is 0 Å². The normalized spacial score (nSPS) is 13.2. The van der Waals surface area contributed by atoms with Crippen LogP contribution in [-0.2, 0) is 11.0 Å². The van der Waals surface area contributed by atoms with E-state index < -0.39 is 8.32 Å². The molecule has 0 atom stereocenters. The van der Waals surface area contributed by atoms with Crippen LogP contribution in [-0.4, -0.2) is 8.32 Å². The molecule has 4 heteroatoms. The van der Waals surface area contributed by atoms with Crippen molar-refractivity contribution in [2.24, 2.45) is 0 Å². The summed E-state index contributed by atoms with van der Waals surface area (Å²) in [6, 6.07) is 4.21. The standard InChI is InChI=1S/C11H19BrOSSi/c1-11(2,3)15(4,5)13-8-9-6-7-10(12)14-9/h6-7H,8H2,1-5H3. The van der Waals surface area contributed by atoms with Gasteiger partial charge in [-0.05, 0) is 46.2 Å². The quantitative estimate of drug-likeness (QED) is 0.711. The molecule has 0 unspecified atom stereocenters. The van der Waals surface area contributed by atoms with Crippen LogP contribution in [0.25, 0.3) is 0 Å². The number of rotatable bonds is 3. The van der Waals surface area contributed by atoms with E-state index in [4.69, 9.17) is 4.43 Å². The molecule has 0 amide bonds. The van der Waals surface area contributed by atoms with Crippen molar-refractivity contribution in [2.45, 2.75) is 45.5 Å². The van der Waals surface area contributed by atoms with Gasteiger partial charge in [-0.15, -0.1) is 11.3 Å². The molecule has 0 N–H and O–H groups in total. The third-order valence-corrected chi connectivity index (χ3v) is 9.09. The van der Waals surface area contributed by atoms with Gasteiger partial charge < -0.3 is 4.43 Å². The first-order valence-electron chi connectivity index (χ1n) is 5.10. The van der Waals surface area contributed by atoms with Crippen molar-refractivity contribution in [1.82, 2.24) is 0 Å². The molecule has 0 radical (unpaired) electrons. The molecule has 86 valence electrons. The smallest absolute Gasteiger partial charge is 0.192 e. The second-order valence-corrected chi connectivity index (χ2v) is 12.6. The molecule has 1 rings (SSSR count). The Morgan fingerprint density at radius 1 is 1.33 bits per heavy atom. The Morgan fingerprint density at radius 2 is 1.93 bits per heavy atom. The molecule has 0 spiro atoms. The Morgan fingerprint density at radius 3 is 2.33 bits per heavy atom. The molecule has 0 saturated heterocycles. The molecular weight excluding hydrogens is 288 g/mol. The Bertz CT molecular complexity index is 328. The Kier molecular flexibility index (Phi) is 4.20. The van der Waals surface area contributed by atoms with Crippen molar-refractivity contribution in [3.8, 4) is 0 Å². The first kappa shape index (κ1) is 13.4. The van der Waals surface area contributed by atoms with E-state index >= 15 is 0 Å². The van der Waals surface area contributed by atoms with E-state index in [0.717, 1.165) is 6.61 Å². The van der Waals surface area contributed by atoms with E-state index in [1.165, 1.54) is 8.66 Å². The van der Waals surface area contributed by atoms with E-state index in [1.54, 1.807) is 11.3 Å². The van der Waals surface area contributed by atoms with Crippen LogP contribution >= 0.6 is 27.3 Å². The summed E-state index contributed by atoms with van der Waals surface area (Å²) in [6.45, 7) is 12.1. The van der Waals surface area contributed by atoms with Crippen LogP contribution in [0, 0.1) is 0 Å². The van der Waals surface area contributed by atoms with Crippen molar-refractivity contribution in [1.29, 1.82) is 0 Å². The molecule has 0 aliphatic rings. The lowest BCUT2D eigenvalue weighted by Gasteiger charge is -2.36. The van der Waals surface area contributed by atoms with Gasteiger partial charge in [0.05, 0.1) is 10.4 Å². The lowest BCUT2D eigenvalue weighted by Crippen LogP contribution is -2.40. The zero-order valence-electron chi connectivity index (χ0n) is 10.1.